The van der Waals surface area contributed by atoms with Crippen LogP contribution in [-0.2, 0) is 4.84 Å². The summed E-state index contributed by atoms with van der Waals surface area (Å²) in [6.45, 7) is 0.706. The smallest absolute Gasteiger partial charge is 0.134 e. The second kappa shape index (κ2) is 2.81. The van der Waals surface area contributed by atoms with Gasteiger partial charge in [0.1, 0.15) is 6.10 Å². The van der Waals surface area contributed by atoms with Crippen LogP contribution in [0.4, 0.5) is 0 Å². The first-order chi connectivity index (χ1) is 5.40. The van der Waals surface area contributed by atoms with Crippen LogP contribution in [0, 0.1) is 5.92 Å². The summed E-state index contributed by atoms with van der Waals surface area (Å²) < 4.78 is 0. The lowest BCUT2D eigenvalue weighted by molar-refractivity contribution is 0.0809. The lowest BCUT2D eigenvalue weighted by Crippen LogP contribution is -2.14. The first-order valence-electron chi connectivity index (χ1n) is 4.33. The first-order valence-corrected chi connectivity index (χ1v) is 4.33. The van der Waals surface area contributed by atoms with E-state index in [2.05, 4.69) is 5.16 Å². The molecule has 0 spiro atoms. The average molecular weight is 154 g/mol. The van der Waals surface area contributed by atoms with Crippen molar-refractivity contribution in [2.24, 2.45) is 16.8 Å². The number of nitrogens with zero attached hydrogens (tertiary/aromatic N) is 1. The zero-order chi connectivity index (χ0) is 7.68. The van der Waals surface area contributed by atoms with E-state index in [1.54, 1.807) is 0 Å². The fourth-order valence-corrected chi connectivity index (χ4v) is 1.45. The molecule has 11 heavy (non-hydrogen) atoms. The number of rotatable bonds is 3. The minimum atomic E-state index is 0.288. The van der Waals surface area contributed by atoms with Gasteiger partial charge in [0.25, 0.3) is 0 Å². The topological polar surface area (TPSA) is 47.6 Å². The van der Waals surface area contributed by atoms with E-state index >= 15 is 0 Å². The van der Waals surface area contributed by atoms with Crippen molar-refractivity contribution in [1.82, 2.24) is 0 Å². The fourth-order valence-electron chi connectivity index (χ4n) is 1.45. The number of hydrogen-bond donors (Lipinski definition) is 1. The minimum Gasteiger partial charge on any atom is -0.392 e. The maximum absolute atomic E-state index is 5.41. The van der Waals surface area contributed by atoms with Crippen LogP contribution in [0.15, 0.2) is 5.16 Å². The Balaban J connectivity index is 1.80. The maximum Gasteiger partial charge on any atom is 0.134 e. The molecule has 0 amide bonds. The molecular weight excluding hydrogens is 140 g/mol. The van der Waals surface area contributed by atoms with Crippen molar-refractivity contribution in [1.29, 1.82) is 0 Å². The molecule has 1 fully saturated rings. The minimum absolute atomic E-state index is 0.288. The van der Waals surface area contributed by atoms with E-state index in [4.69, 9.17) is 10.6 Å². The molecule has 3 nitrogen and oxygen atoms in total. The van der Waals surface area contributed by atoms with Gasteiger partial charge < -0.3 is 10.6 Å². The van der Waals surface area contributed by atoms with Gasteiger partial charge in [-0.3, -0.25) is 0 Å². The Bertz CT molecular complexity index is 175. The van der Waals surface area contributed by atoms with Gasteiger partial charge in [-0.05, 0) is 25.8 Å². The van der Waals surface area contributed by atoms with Gasteiger partial charge in [0.05, 0.1) is 5.71 Å². The van der Waals surface area contributed by atoms with Gasteiger partial charge >= 0.3 is 0 Å². The van der Waals surface area contributed by atoms with Crippen LogP contribution in [0.1, 0.15) is 25.7 Å². The second-order valence-electron chi connectivity index (χ2n) is 3.37. The molecule has 3 heteroatoms. The summed E-state index contributed by atoms with van der Waals surface area (Å²) in [5, 5.41) is 4.06. The van der Waals surface area contributed by atoms with Crippen LogP contribution in [-0.4, -0.2) is 18.4 Å². The van der Waals surface area contributed by atoms with Crippen molar-refractivity contribution in [3.63, 3.8) is 0 Å². The monoisotopic (exact) mass is 154 g/mol. The summed E-state index contributed by atoms with van der Waals surface area (Å²) in [5.74, 6) is 0.762. The van der Waals surface area contributed by atoms with Crippen LogP contribution in [0.5, 0.6) is 0 Å². The van der Waals surface area contributed by atoms with Gasteiger partial charge in [-0.15, -0.1) is 0 Å². The van der Waals surface area contributed by atoms with Crippen molar-refractivity contribution in [3.8, 4) is 0 Å². The van der Waals surface area contributed by atoms with E-state index in [-0.39, 0.29) is 6.10 Å². The molecule has 1 aliphatic heterocycles. The molecule has 1 atom stereocenters. The highest BCUT2D eigenvalue weighted by Crippen LogP contribution is 2.35. The van der Waals surface area contributed by atoms with Crippen molar-refractivity contribution in [2.75, 3.05) is 6.54 Å². The Hall–Kier alpha value is -0.570. The molecule has 62 valence electrons. The molecule has 1 heterocycles. The van der Waals surface area contributed by atoms with E-state index in [0.717, 1.165) is 18.8 Å². The van der Waals surface area contributed by atoms with Gasteiger partial charge in [-0.2, -0.15) is 0 Å². The molecule has 0 aromatic heterocycles. The highest BCUT2D eigenvalue weighted by atomic mass is 16.6. The average Bonchev–Trinajstić information content (AvgIpc) is 2.75. The van der Waals surface area contributed by atoms with E-state index in [1.807, 2.05) is 0 Å². The van der Waals surface area contributed by atoms with Gasteiger partial charge in [0.2, 0.25) is 0 Å². The molecule has 1 aliphatic carbocycles. The Morgan fingerprint density at radius 3 is 3.00 bits per heavy atom. The highest BCUT2D eigenvalue weighted by molar-refractivity contribution is 5.89. The molecule has 0 bridgehead atoms. The molecule has 0 saturated heterocycles. The zero-order valence-corrected chi connectivity index (χ0v) is 6.62. The van der Waals surface area contributed by atoms with Crippen LogP contribution in [0.2, 0.25) is 0 Å². The van der Waals surface area contributed by atoms with Crippen LogP contribution in [0.3, 0.4) is 0 Å². The molecule has 0 aromatic carbocycles. The third kappa shape index (κ3) is 1.53. The number of hydrogen-bond acceptors (Lipinski definition) is 3. The number of nitrogens with two attached hydrogens (primary N) is 1. The third-order valence-corrected chi connectivity index (χ3v) is 2.29. The van der Waals surface area contributed by atoms with Gasteiger partial charge in [-0.25, -0.2) is 0 Å². The summed E-state index contributed by atoms with van der Waals surface area (Å²) in [6, 6.07) is 0. The van der Waals surface area contributed by atoms with Gasteiger partial charge in [-0.1, -0.05) is 5.16 Å². The standard InChI is InChI=1S/C8H14N2O/c9-4-3-7-5-8(10-11-7)6-1-2-6/h6-7H,1-5,9H2. The molecule has 2 rings (SSSR count). The molecule has 2 aliphatic rings. The Morgan fingerprint density at radius 1 is 1.55 bits per heavy atom. The second-order valence-corrected chi connectivity index (χ2v) is 3.37. The number of oxime groups is 1. The largest absolute Gasteiger partial charge is 0.392 e. The normalized spacial score (nSPS) is 29.9. The zero-order valence-electron chi connectivity index (χ0n) is 6.62. The summed E-state index contributed by atoms with van der Waals surface area (Å²) in [6.07, 6.45) is 4.90. The van der Waals surface area contributed by atoms with Crippen molar-refractivity contribution in [2.45, 2.75) is 31.8 Å². The lowest BCUT2D eigenvalue weighted by Gasteiger charge is -2.03. The van der Waals surface area contributed by atoms with E-state index in [0.29, 0.717) is 6.54 Å². The predicted octanol–water partition coefficient (Wildman–Crippen LogP) is 0.890. The summed E-state index contributed by atoms with van der Waals surface area (Å²) >= 11 is 0. The molecular formula is C8H14N2O. The summed E-state index contributed by atoms with van der Waals surface area (Å²) in [7, 11) is 0. The van der Waals surface area contributed by atoms with E-state index in [1.165, 1.54) is 18.6 Å². The van der Waals surface area contributed by atoms with Gasteiger partial charge in [0, 0.05) is 12.3 Å². The fraction of sp³-hybridized carbons (Fsp3) is 0.875. The molecule has 1 saturated carbocycles. The Kier molecular flexibility index (Phi) is 1.82. The molecule has 1 unspecified atom stereocenters. The third-order valence-electron chi connectivity index (χ3n) is 2.29. The highest BCUT2D eigenvalue weighted by Gasteiger charge is 2.33. The van der Waals surface area contributed by atoms with E-state index in [9.17, 15) is 0 Å². The van der Waals surface area contributed by atoms with Crippen molar-refractivity contribution >= 4 is 5.71 Å². The molecule has 0 aromatic rings. The molecule has 2 N–H and O–H groups in total. The quantitative estimate of drug-likeness (QED) is 0.656. The van der Waals surface area contributed by atoms with E-state index < -0.39 is 0 Å². The lowest BCUT2D eigenvalue weighted by atomic mass is 10.1. The Labute approximate surface area is 66.6 Å². The van der Waals surface area contributed by atoms with Crippen molar-refractivity contribution in [3.05, 3.63) is 0 Å². The van der Waals surface area contributed by atoms with Gasteiger partial charge in [0.15, 0.2) is 0 Å². The maximum atomic E-state index is 5.41. The van der Waals surface area contributed by atoms with Crippen molar-refractivity contribution < 1.29 is 4.84 Å². The Morgan fingerprint density at radius 2 is 2.36 bits per heavy atom. The van der Waals surface area contributed by atoms with Crippen LogP contribution in [0.25, 0.3) is 0 Å². The predicted molar refractivity (Wildman–Crippen MR) is 43.3 cm³/mol. The SMILES string of the molecule is NCCC1CC(C2CC2)=NO1. The van der Waals surface area contributed by atoms with Crippen LogP contribution >= 0.6 is 0 Å². The first kappa shape index (κ1) is 7.10. The summed E-state index contributed by atoms with van der Waals surface area (Å²) in [5.41, 5.74) is 6.70. The van der Waals surface area contributed by atoms with Crippen LogP contribution < -0.4 is 5.73 Å². The summed E-state index contributed by atoms with van der Waals surface area (Å²) in [4.78, 5) is 5.22. The molecule has 0 radical (unpaired) electrons.